The van der Waals surface area contributed by atoms with Crippen LogP contribution in [0.2, 0.25) is 0 Å². The molecule has 3 aliphatic rings. The molecule has 2 saturated carbocycles. The third kappa shape index (κ3) is 4.52. The highest BCUT2D eigenvalue weighted by atomic mass is 19.1. The number of anilines is 1. The Balaban J connectivity index is 1.26. The van der Waals surface area contributed by atoms with Crippen molar-refractivity contribution in [2.24, 2.45) is 11.8 Å². The molecule has 38 heavy (non-hydrogen) atoms. The molecule has 2 unspecified atom stereocenters. The first-order valence-electron chi connectivity index (χ1n) is 13.0. The lowest BCUT2D eigenvalue weighted by Crippen LogP contribution is -2.43. The van der Waals surface area contributed by atoms with Gasteiger partial charge in [0.25, 0.3) is 5.56 Å². The van der Waals surface area contributed by atoms with Crippen molar-refractivity contribution in [1.82, 2.24) is 14.6 Å². The summed E-state index contributed by atoms with van der Waals surface area (Å²) in [6.45, 7) is 6.63. The molecule has 1 amide bonds. The van der Waals surface area contributed by atoms with E-state index in [1.807, 2.05) is 56.0 Å². The van der Waals surface area contributed by atoms with Crippen LogP contribution < -0.4 is 26.3 Å². The van der Waals surface area contributed by atoms with Crippen molar-refractivity contribution in [3.8, 4) is 0 Å². The second kappa shape index (κ2) is 8.89. The van der Waals surface area contributed by atoms with Crippen molar-refractivity contribution >= 4 is 22.7 Å². The molecule has 0 spiro atoms. The van der Waals surface area contributed by atoms with Crippen molar-refractivity contribution in [3.63, 3.8) is 0 Å². The van der Waals surface area contributed by atoms with Gasteiger partial charge in [-0.05, 0) is 51.3 Å². The maximum absolute atomic E-state index is 15.4. The number of aromatic nitrogens is 2. The summed E-state index contributed by atoms with van der Waals surface area (Å²) in [5.41, 5.74) is -0.208. The van der Waals surface area contributed by atoms with Crippen molar-refractivity contribution < 1.29 is 18.8 Å². The number of hydrogen-bond acceptors (Lipinski definition) is 6. The lowest BCUT2D eigenvalue weighted by molar-refractivity contribution is 0.0518. The van der Waals surface area contributed by atoms with Crippen molar-refractivity contribution in [1.29, 1.82) is 0 Å². The molecule has 200 valence electrons. The third-order valence-corrected chi connectivity index (χ3v) is 7.45. The number of alkyl carbamates (subject to hydrolysis) is 1. The molecule has 1 aliphatic heterocycles. The van der Waals surface area contributed by atoms with E-state index in [2.05, 4.69) is 5.32 Å². The van der Waals surface area contributed by atoms with E-state index in [0.29, 0.717) is 24.3 Å². The Morgan fingerprint density at radius 1 is 1.08 bits per heavy atom. The number of piperidine rings is 1. The molecule has 2 aromatic carbocycles. The number of halogens is 1. The molecule has 10 heteroatoms. The number of fused-ring (bicyclic) bond motifs is 2. The second-order valence-electron chi connectivity index (χ2n) is 11.5. The standard InChI is InChI=1S/C28H31FN4O5/c1-28(2,3)38-26(35)30-24-19-13-31(14-20(19)24)23-12-22-18(11-21(23)29)25(34)33(27(36)32(22)17-9-10-17)37-15-16-7-5-4-6-8-16/h4-8,11-12,17,19-20,24H,9-10,13-15H2,1-3H3,(H,30,35). The monoisotopic (exact) mass is 522 g/mol. The predicted octanol–water partition coefficient (Wildman–Crippen LogP) is 3.23. The molecular weight excluding hydrogens is 491 g/mol. The molecule has 6 rings (SSSR count). The highest BCUT2D eigenvalue weighted by Gasteiger charge is 2.57. The van der Waals surface area contributed by atoms with Gasteiger partial charge >= 0.3 is 11.8 Å². The zero-order valence-electron chi connectivity index (χ0n) is 21.6. The Labute approximate surface area is 218 Å². The van der Waals surface area contributed by atoms with E-state index in [4.69, 9.17) is 9.57 Å². The van der Waals surface area contributed by atoms with Gasteiger partial charge in [0.15, 0.2) is 0 Å². The van der Waals surface area contributed by atoms with E-state index < -0.39 is 28.8 Å². The van der Waals surface area contributed by atoms with Gasteiger partial charge in [-0.1, -0.05) is 35.1 Å². The minimum absolute atomic E-state index is 0.00299. The molecule has 1 saturated heterocycles. The second-order valence-corrected chi connectivity index (χ2v) is 11.5. The largest absolute Gasteiger partial charge is 0.444 e. The summed E-state index contributed by atoms with van der Waals surface area (Å²) < 4.78 is 23.1. The lowest BCUT2D eigenvalue weighted by atomic mass is 10.2. The highest BCUT2D eigenvalue weighted by molar-refractivity contribution is 5.83. The number of benzene rings is 2. The van der Waals surface area contributed by atoms with Crippen LogP contribution in [0, 0.1) is 17.7 Å². The van der Waals surface area contributed by atoms with E-state index in [0.717, 1.165) is 23.1 Å². The summed E-state index contributed by atoms with van der Waals surface area (Å²) in [4.78, 5) is 46.3. The Morgan fingerprint density at radius 2 is 1.76 bits per heavy atom. The van der Waals surface area contributed by atoms with Crippen LogP contribution in [-0.4, -0.2) is 40.1 Å². The van der Waals surface area contributed by atoms with Gasteiger partial charge in [0.05, 0.1) is 16.6 Å². The Kier molecular flexibility index (Phi) is 5.73. The molecule has 2 heterocycles. The van der Waals surface area contributed by atoms with Crippen LogP contribution >= 0.6 is 0 Å². The van der Waals surface area contributed by atoms with Crippen molar-refractivity contribution in [3.05, 3.63) is 74.7 Å². The fraction of sp³-hybridized carbons (Fsp3) is 0.464. The van der Waals surface area contributed by atoms with Gasteiger partial charge in [-0.3, -0.25) is 9.36 Å². The van der Waals surface area contributed by atoms with Crippen LogP contribution in [0.25, 0.3) is 10.9 Å². The Morgan fingerprint density at radius 3 is 2.39 bits per heavy atom. The number of carbonyl (C=O) groups excluding carboxylic acids is 1. The molecular formula is C28H31FN4O5. The molecule has 1 aromatic heterocycles. The topological polar surface area (TPSA) is 94.8 Å². The summed E-state index contributed by atoms with van der Waals surface area (Å²) in [5.74, 6) is -0.131. The van der Waals surface area contributed by atoms with Crippen molar-refractivity contribution in [2.45, 2.75) is 57.9 Å². The molecule has 3 fully saturated rings. The number of ether oxygens (including phenoxy) is 1. The van der Waals surface area contributed by atoms with E-state index in [-0.39, 0.29) is 35.9 Å². The summed E-state index contributed by atoms with van der Waals surface area (Å²) >= 11 is 0. The zero-order valence-corrected chi connectivity index (χ0v) is 21.6. The minimum Gasteiger partial charge on any atom is -0.444 e. The first-order chi connectivity index (χ1) is 18.1. The number of nitrogens with zero attached hydrogens (tertiary/aromatic N) is 3. The number of hydrogen-bond donors (Lipinski definition) is 1. The van der Waals surface area contributed by atoms with Gasteiger partial charge in [0.2, 0.25) is 0 Å². The maximum atomic E-state index is 15.4. The van der Waals surface area contributed by atoms with Gasteiger partial charge < -0.3 is 19.8 Å². The van der Waals surface area contributed by atoms with E-state index in [1.165, 1.54) is 6.07 Å². The summed E-state index contributed by atoms with van der Waals surface area (Å²) in [6, 6.07) is 12.0. The molecule has 0 bridgehead atoms. The van der Waals surface area contributed by atoms with Crippen LogP contribution in [0.4, 0.5) is 14.9 Å². The number of carbonyl (C=O) groups is 1. The minimum atomic E-state index is -0.672. The van der Waals surface area contributed by atoms with E-state index in [1.54, 1.807) is 10.6 Å². The van der Waals surface area contributed by atoms with E-state index in [9.17, 15) is 14.4 Å². The average Bonchev–Trinajstić information content (AvgIpc) is 3.75. The number of rotatable bonds is 6. The molecule has 3 aromatic rings. The molecule has 1 N–H and O–H groups in total. The smallest absolute Gasteiger partial charge is 0.407 e. The first-order valence-corrected chi connectivity index (χ1v) is 13.0. The van der Waals surface area contributed by atoms with Crippen LogP contribution in [0.1, 0.15) is 45.2 Å². The first kappa shape index (κ1) is 24.5. The third-order valence-electron chi connectivity index (χ3n) is 7.45. The summed E-state index contributed by atoms with van der Waals surface area (Å²) in [7, 11) is 0. The number of amides is 1. The lowest BCUT2D eigenvalue weighted by Gasteiger charge is -2.25. The van der Waals surface area contributed by atoms with Gasteiger partial charge in [-0.2, -0.15) is 0 Å². The van der Waals surface area contributed by atoms with Crippen LogP contribution in [-0.2, 0) is 11.3 Å². The Hall–Kier alpha value is -3.82. The SMILES string of the molecule is CC(C)(C)OC(=O)NC1C2CN(c3cc4c(cc3F)c(=O)n(OCc3ccccc3)c(=O)n4C3CC3)CC21. The fourth-order valence-electron chi connectivity index (χ4n) is 5.45. The molecule has 0 radical (unpaired) electrons. The van der Waals surface area contributed by atoms with Crippen LogP contribution in [0.5, 0.6) is 0 Å². The quantitative estimate of drug-likeness (QED) is 0.534. The Bertz CT molecular complexity index is 1510. The fourth-order valence-corrected chi connectivity index (χ4v) is 5.45. The highest BCUT2D eigenvalue weighted by Crippen LogP contribution is 2.47. The normalized spacial score (nSPS) is 22.3. The summed E-state index contributed by atoms with van der Waals surface area (Å²) in [5, 5.41) is 3.03. The predicted molar refractivity (Wildman–Crippen MR) is 140 cm³/mol. The van der Waals surface area contributed by atoms with Gasteiger partial charge in [-0.25, -0.2) is 14.0 Å². The molecule has 2 aliphatic carbocycles. The molecule has 9 nitrogen and oxygen atoms in total. The van der Waals surface area contributed by atoms with Gasteiger partial charge in [-0.15, -0.1) is 0 Å². The van der Waals surface area contributed by atoms with Crippen LogP contribution in [0.15, 0.2) is 52.1 Å². The van der Waals surface area contributed by atoms with Crippen LogP contribution in [0.3, 0.4) is 0 Å². The zero-order chi connectivity index (χ0) is 26.8. The maximum Gasteiger partial charge on any atom is 0.407 e. The number of nitrogens with one attached hydrogen (secondary N) is 1. The van der Waals surface area contributed by atoms with Gasteiger partial charge in [0, 0.05) is 37.0 Å². The summed E-state index contributed by atoms with van der Waals surface area (Å²) in [6.07, 6.45) is 1.18. The van der Waals surface area contributed by atoms with E-state index >= 15 is 4.39 Å². The average molecular weight is 523 g/mol. The van der Waals surface area contributed by atoms with Gasteiger partial charge in [0.1, 0.15) is 18.0 Å². The van der Waals surface area contributed by atoms with Crippen molar-refractivity contribution in [2.75, 3.05) is 18.0 Å². The molecule has 2 atom stereocenters.